The minimum Gasteiger partial charge on any atom is -0.359 e. The Morgan fingerprint density at radius 1 is 1.41 bits per heavy atom. The van der Waals surface area contributed by atoms with Crippen LogP contribution in [0.3, 0.4) is 0 Å². The van der Waals surface area contributed by atoms with E-state index in [1.807, 2.05) is 18.4 Å². The first-order valence-corrected chi connectivity index (χ1v) is 6.94. The summed E-state index contributed by atoms with van der Waals surface area (Å²) in [7, 11) is 0. The quantitative estimate of drug-likeness (QED) is 0.746. The van der Waals surface area contributed by atoms with Gasteiger partial charge in [-0.2, -0.15) is 0 Å². The van der Waals surface area contributed by atoms with Gasteiger partial charge < -0.3 is 15.0 Å². The van der Waals surface area contributed by atoms with E-state index in [4.69, 9.17) is 4.74 Å². The van der Waals surface area contributed by atoms with Crippen molar-refractivity contribution in [1.82, 2.24) is 24.5 Å². The van der Waals surface area contributed by atoms with E-state index in [2.05, 4.69) is 25.3 Å². The predicted molar refractivity (Wildman–Crippen MR) is 82.0 cm³/mol. The van der Waals surface area contributed by atoms with Crippen LogP contribution in [0, 0.1) is 0 Å². The van der Waals surface area contributed by atoms with Crippen LogP contribution in [0.2, 0.25) is 0 Å². The minimum atomic E-state index is -0.226. The van der Waals surface area contributed by atoms with Crippen molar-refractivity contribution in [3.63, 3.8) is 0 Å². The third-order valence-corrected chi connectivity index (χ3v) is 3.23. The summed E-state index contributed by atoms with van der Waals surface area (Å²) in [5.74, 6) is 0.476. The van der Waals surface area contributed by atoms with Gasteiger partial charge in [0.25, 0.3) is 5.56 Å². The Morgan fingerprint density at radius 3 is 3.05 bits per heavy atom. The lowest BCUT2D eigenvalue weighted by atomic mass is 10.4. The molecule has 22 heavy (non-hydrogen) atoms. The fraction of sp³-hybridized carbons (Fsp3) is 0.286. The van der Waals surface area contributed by atoms with E-state index in [-0.39, 0.29) is 11.8 Å². The van der Waals surface area contributed by atoms with Crippen LogP contribution in [0.5, 0.6) is 0 Å². The van der Waals surface area contributed by atoms with Crippen molar-refractivity contribution in [2.24, 2.45) is 0 Å². The highest BCUT2D eigenvalue weighted by molar-refractivity contribution is 5.84. The molecule has 0 bridgehead atoms. The number of H-pyrrole nitrogens is 1. The SMILES string of the molecule is CCOC(C)n1cnc2c(Nc3ccc[nH]c3=O)ncnc21. The Labute approximate surface area is 126 Å². The van der Waals surface area contributed by atoms with Crippen LogP contribution in [-0.2, 0) is 4.74 Å². The Hall–Kier alpha value is -2.74. The zero-order valence-corrected chi connectivity index (χ0v) is 12.3. The summed E-state index contributed by atoms with van der Waals surface area (Å²) >= 11 is 0. The number of ether oxygens (including phenoxy) is 1. The van der Waals surface area contributed by atoms with Gasteiger partial charge in [-0.3, -0.25) is 9.36 Å². The molecule has 114 valence electrons. The van der Waals surface area contributed by atoms with Gasteiger partial charge in [0, 0.05) is 12.8 Å². The summed E-state index contributed by atoms with van der Waals surface area (Å²) < 4.78 is 7.38. The molecular formula is C14H16N6O2. The Balaban J connectivity index is 2.01. The zero-order chi connectivity index (χ0) is 15.5. The fourth-order valence-electron chi connectivity index (χ4n) is 2.18. The van der Waals surface area contributed by atoms with Crippen molar-refractivity contribution in [3.05, 3.63) is 41.3 Å². The summed E-state index contributed by atoms with van der Waals surface area (Å²) in [6.45, 7) is 4.44. The first kappa shape index (κ1) is 14.2. The average molecular weight is 300 g/mol. The molecule has 0 aliphatic heterocycles. The number of aromatic amines is 1. The molecule has 0 fully saturated rings. The third-order valence-electron chi connectivity index (χ3n) is 3.23. The summed E-state index contributed by atoms with van der Waals surface area (Å²) in [5, 5.41) is 2.99. The highest BCUT2D eigenvalue weighted by atomic mass is 16.5. The van der Waals surface area contributed by atoms with Crippen molar-refractivity contribution in [2.45, 2.75) is 20.1 Å². The Kier molecular flexibility index (Phi) is 3.84. The average Bonchev–Trinajstić information content (AvgIpc) is 2.95. The van der Waals surface area contributed by atoms with Crippen LogP contribution < -0.4 is 10.9 Å². The van der Waals surface area contributed by atoms with Crippen LogP contribution in [0.15, 0.2) is 35.8 Å². The van der Waals surface area contributed by atoms with Gasteiger partial charge in [-0.15, -0.1) is 0 Å². The Morgan fingerprint density at radius 2 is 2.27 bits per heavy atom. The van der Waals surface area contributed by atoms with Crippen molar-refractivity contribution >= 4 is 22.7 Å². The normalized spacial score (nSPS) is 12.5. The van der Waals surface area contributed by atoms with Crippen molar-refractivity contribution in [3.8, 4) is 0 Å². The molecule has 0 saturated heterocycles. The van der Waals surface area contributed by atoms with Gasteiger partial charge in [0.2, 0.25) is 0 Å². The molecule has 0 radical (unpaired) electrons. The van der Waals surface area contributed by atoms with Gasteiger partial charge in [0.05, 0.1) is 6.33 Å². The molecule has 0 aliphatic rings. The van der Waals surface area contributed by atoms with E-state index in [1.54, 1.807) is 24.7 Å². The number of hydrogen-bond acceptors (Lipinski definition) is 6. The lowest BCUT2D eigenvalue weighted by molar-refractivity contribution is 0.0272. The highest BCUT2D eigenvalue weighted by Gasteiger charge is 2.14. The highest BCUT2D eigenvalue weighted by Crippen LogP contribution is 2.22. The van der Waals surface area contributed by atoms with Gasteiger partial charge in [0.15, 0.2) is 17.0 Å². The van der Waals surface area contributed by atoms with Crippen molar-refractivity contribution < 1.29 is 4.74 Å². The van der Waals surface area contributed by atoms with Gasteiger partial charge in [0.1, 0.15) is 18.2 Å². The molecule has 0 amide bonds. The first-order valence-electron chi connectivity index (χ1n) is 6.94. The van der Waals surface area contributed by atoms with E-state index >= 15 is 0 Å². The van der Waals surface area contributed by atoms with Crippen LogP contribution in [-0.4, -0.2) is 31.1 Å². The van der Waals surface area contributed by atoms with E-state index in [0.29, 0.717) is 29.3 Å². The summed E-state index contributed by atoms with van der Waals surface area (Å²) in [6, 6.07) is 3.41. The van der Waals surface area contributed by atoms with Gasteiger partial charge in [-0.1, -0.05) is 0 Å². The molecule has 2 N–H and O–H groups in total. The second kappa shape index (κ2) is 5.94. The maximum Gasteiger partial charge on any atom is 0.271 e. The summed E-state index contributed by atoms with van der Waals surface area (Å²) in [6.07, 6.45) is 4.47. The van der Waals surface area contributed by atoms with E-state index in [9.17, 15) is 4.79 Å². The van der Waals surface area contributed by atoms with Crippen LogP contribution in [0.4, 0.5) is 11.5 Å². The number of aromatic nitrogens is 5. The predicted octanol–water partition coefficient (Wildman–Crippen LogP) is 1.81. The molecule has 3 heterocycles. The molecule has 3 rings (SSSR count). The van der Waals surface area contributed by atoms with Crippen LogP contribution in [0.25, 0.3) is 11.2 Å². The lowest BCUT2D eigenvalue weighted by Crippen LogP contribution is -2.11. The minimum absolute atomic E-state index is 0.183. The zero-order valence-electron chi connectivity index (χ0n) is 12.3. The number of pyridine rings is 1. The Bertz CT molecular complexity index is 840. The first-order chi connectivity index (χ1) is 10.7. The van der Waals surface area contributed by atoms with E-state index < -0.39 is 0 Å². The molecule has 0 aliphatic carbocycles. The van der Waals surface area contributed by atoms with E-state index in [1.165, 1.54) is 6.33 Å². The summed E-state index contributed by atoms with van der Waals surface area (Å²) in [4.78, 5) is 27.1. The number of anilines is 2. The number of imidazole rings is 1. The molecule has 1 unspecified atom stereocenters. The standard InChI is InChI=1S/C14H16N6O2/c1-3-22-9(2)20-8-18-11-12(16-7-17-13(11)20)19-10-5-4-6-15-14(10)21/h4-9H,3H2,1-2H3,(H,15,21)(H,16,17,19). The van der Waals surface area contributed by atoms with Crippen molar-refractivity contribution in [1.29, 1.82) is 0 Å². The van der Waals surface area contributed by atoms with Gasteiger partial charge in [-0.25, -0.2) is 15.0 Å². The number of fused-ring (bicyclic) bond motifs is 1. The molecule has 0 saturated carbocycles. The number of hydrogen-bond donors (Lipinski definition) is 2. The van der Waals surface area contributed by atoms with Gasteiger partial charge >= 0.3 is 0 Å². The molecule has 0 spiro atoms. The molecule has 1 atom stereocenters. The maximum absolute atomic E-state index is 11.8. The van der Waals surface area contributed by atoms with Crippen LogP contribution in [0.1, 0.15) is 20.1 Å². The second-order valence-electron chi connectivity index (χ2n) is 4.64. The van der Waals surface area contributed by atoms with Crippen molar-refractivity contribution in [2.75, 3.05) is 11.9 Å². The molecular weight excluding hydrogens is 284 g/mol. The topological polar surface area (TPSA) is 97.7 Å². The maximum atomic E-state index is 11.8. The molecule has 3 aromatic heterocycles. The lowest BCUT2D eigenvalue weighted by Gasteiger charge is -2.13. The van der Waals surface area contributed by atoms with E-state index in [0.717, 1.165) is 0 Å². The molecule has 3 aromatic rings. The van der Waals surface area contributed by atoms with Crippen LogP contribution >= 0.6 is 0 Å². The third kappa shape index (κ3) is 2.56. The monoisotopic (exact) mass is 300 g/mol. The molecule has 0 aromatic carbocycles. The summed E-state index contributed by atoms with van der Waals surface area (Å²) in [5.41, 5.74) is 1.40. The second-order valence-corrected chi connectivity index (χ2v) is 4.64. The number of nitrogens with one attached hydrogen (secondary N) is 2. The molecule has 8 heteroatoms. The largest absolute Gasteiger partial charge is 0.359 e. The molecule has 8 nitrogen and oxygen atoms in total. The van der Waals surface area contributed by atoms with Gasteiger partial charge in [-0.05, 0) is 26.0 Å². The number of rotatable bonds is 5. The smallest absolute Gasteiger partial charge is 0.271 e. The fourth-order valence-corrected chi connectivity index (χ4v) is 2.18. The number of nitrogens with zero attached hydrogens (tertiary/aromatic N) is 4.